The number of aromatic nitrogens is 5. The van der Waals surface area contributed by atoms with Gasteiger partial charge in [0.25, 0.3) is 5.91 Å². The molecule has 0 bridgehead atoms. The normalized spacial score (nSPS) is 11.2. The summed E-state index contributed by atoms with van der Waals surface area (Å²) in [5.74, 6) is -0.745. The lowest BCUT2D eigenvalue weighted by molar-refractivity contribution is 0.0730. The number of fused-ring (bicyclic) bond motifs is 3. The summed E-state index contributed by atoms with van der Waals surface area (Å²) in [6.07, 6.45) is 3.39. The number of pyridine rings is 2. The Balaban J connectivity index is 1.60. The van der Waals surface area contributed by atoms with E-state index < -0.39 is 5.82 Å². The van der Waals surface area contributed by atoms with E-state index in [0.29, 0.717) is 12.2 Å². The first-order valence-electron chi connectivity index (χ1n) is 10.1. The Morgan fingerprint density at radius 2 is 1.94 bits per heavy atom. The van der Waals surface area contributed by atoms with Crippen LogP contribution < -0.4 is 0 Å². The first-order chi connectivity index (χ1) is 15.6. The number of aryl methyl sites for hydroxylation is 1. The van der Waals surface area contributed by atoms with Crippen LogP contribution in [0, 0.1) is 12.7 Å². The molecule has 1 amide bonds. The zero-order valence-corrected chi connectivity index (χ0v) is 17.3. The van der Waals surface area contributed by atoms with Crippen molar-refractivity contribution in [1.82, 2.24) is 29.9 Å². The minimum Gasteiger partial charge on any atom is -0.330 e. The van der Waals surface area contributed by atoms with E-state index in [2.05, 4.69) is 20.5 Å². The third-order valence-electron chi connectivity index (χ3n) is 5.38. The highest BCUT2D eigenvalue weighted by Gasteiger charge is 2.20. The standard InChI is InChI=1S/C24H19FN6O/c1-16-5-2-7-18-11-20(23-27-28-29-31(23)22(16)18)15-30(14-17-6-4-10-26-13-17)24(32)19-8-3-9-21(25)12-19/h2-13H,14-15H2,1H3. The monoisotopic (exact) mass is 426 g/mol. The maximum absolute atomic E-state index is 13.8. The second kappa shape index (κ2) is 8.14. The minimum absolute atomic E-state index is 0.248. The van der Waals surface area contributed by atoms with Crippen molar-refractivity contribution in [3.63, 3.8) is 0 Å². The van der Waals surface area contributed by atoms with Crippen LogP contribution in [0.4, 0.5) is 4.39 Å². The molecule has 0 unspecified atom stereocenters. The second-order valence-corrected chi connectivity index (χ2v) is 7.63. The van der Waals surface area contributed by atoms with E-state index in [4.69, 9.17) is 0 Å². The summed E-state index contributed by atoms with van der Waals surface area (Å²) in [5.41, 5.74) is 4.49. The van der Waals surface area contributed by atoms with Crippen LogP contribution in [0.1, 0.15) is 27.0 Å². The summed E-state index contributed by atoms with van der Waals surface area (Å²) >= 11 is 0. The van der Waals surface area contributed by atoms with E-state index in [1.165, 1.54) is 18.2 Å². The SMILES string of the molecule is Cc1cccc2cc(CN(Cc3cccnc3)C(=O)c3cccc(F)c3)c3nnnn3c12. The molecule has 0 atom stereocenters. The topological polar surface area (TPSA) is 76.3 Å². The molecule has 0 aliphatic heterocycles. The number of hydrogen-bond donors (Lipinski definition) is 0. The molecule has 7 nitrogen and oxygen atoms in total. The van der Waals surface area contributed by atoms with Crippen molar-refractivity contribution >= 4 is 22.5 Å². The fourth-order valence-electron chi connectivity index (χ4n) is 3.92. The van der Waals surface area contributed by atoms with Crippen LogP contribution in [0.3, 0.4) is 0 Å². The highest BCUT2D eigenvalue weighted by atomic mass is 19.1. The van der Waals surface area contributed by atoms with Crippen molar-refractivity contribution in [3.8, 4) is 0 Å². The molecule has 0 spiro atoms. The molecule has 8 heteroatoms. The Morgan fingerprint density at radius 3 is 2.75 bits per heavy atom. The zero-order chi connectivity index (χ0) is 22.1. The molecule has 0 fully saturated rings. The Kier molecular flexibility index (Phi) is 5.03. The van der Waals surface area contributed by atoms with Gasteiger partial charge in [-0.2, -0.15) is 4.52 Å². The molecule has 5 rings (SSSR count). The number of nitrogens with zero attached hydrogens (tertiary/aromatic N) is 6. The van der Waals surface area contributed by atoms with Gasteiger partial charge in [0, 0.05) is 35.5 Å². The molecule has 3 aromatic heterocycles. The lowest BCUT2D eigenvalue weighted by Crippen LogP contribution is -2.30. The van der Waals surface area contributed by atoms with E-state index in [9.17, 15) is 9.18 Å². The molecule has 0 aliphatic carbocycles. The van der Waals surface area contributed by atoms with Crippen molar-refractivity contribution in [1.29, 1.82) is 0 Å². The van der Waals surface area contributed by atoms with Crippen LogP contribution in [0.25, 0.3) is 16.6 Å². The van der Waals surface area contributed by atoms with E-state index in [-0.39, 0.29) is 18.0 Å². The number of amides is 1. The Bertz CT molecular complexity index is 1430. The van der Waals surface area contributed by atoms with Gasteiger partial charge in [-0.25, -0.2) is 4.39 Å². The summed E-state index contributed by atoms with van der Waals surface area (Å²) in [5, 5.41) is 13.2. The van der Waals surface area contributed by atoms with Crippen molar-refractivity contribution in [2.45, 2.75) is 20.0 Å². The minimum atomic E-state index is -0.456. The first kappa shape index (κ1) is 19.7. The van der Waals surface area contributed by atoms with Gasteiger partial charge < -0.3 is 4.90 Å². The first-order valence-corrected chi connectivity index (χ1v) is 10.1. The largest absolute Gasteiger partial charge is 0.330 e. The summed E-state index contributed by atoms with van der Waals surface area (Å²) in [6.45, 7) is 2.56. The van der Waals surface area contributed by atoms with Crippen LogP contribution in [0.5, 0.6) is 0 Å². The summed E-state index contributed by atoms with van der Waals surface area (Å²) < 4.78 is 15.5. The maximum Gasteiger partial charge on any atom is 0.254 e. The van der Waals surface area contributed by atoms with Gasteiger partial charge in [-0.15, -0.1) is 5.10 Å². The number of hydrogen-bond acceptors (Lipinski definition) is 5. The van der Waals surface area contributed by atoms with Gasteiger partial charge in [-0.3, -0.25) is 9.78 Å². The van der Waals surface area contributed by atoms with Gasteiger partial charge in [0.05, 0.1) is 12.1 Å². The number of rotatable bonds is 5. The molecule has 0 saturated carbocycles. The van der Waals surface area contributed by atoms with Gasteiger partial charge in [-0.05, 0) is 58.8 Å². The molecule has 2 aromatic carbocycles. The van der Waals surface area contributed by atoms with Crippen molar-refractivity contribution in [2.75, 3.05) is 0 Å². The fraction of sp³-hybridized carbons (Fsp3) is 0.125. The molecular weight excluding hydrogens is 407 g/mol. The zero-order valence-electron chi connectivity index (χ0n) is 17.3. The maximum atomic E-state index is 13.8. The molecule has 158 valence electrons. The quantitative estimate of drug-likeness (QED) is 0.425. The Hall–Kier alpha value is -4.20. The molecule has 32 heavy (non-hydrogen) atoms. The number of para-hydroxylation sites is 1. The highest BCUT2D eigenvalue weighted by molar-refractivity contribution is 5.94. The average Bonchev–Trinajstić information content (AvgIpc) is 3.29. The van der Waals surface area contributed by atoms with Crippen LogP contribution in [0.2, 0.25) is 0 Å². The van der Waals surface area contributed by atoms with Gasteiger partial charge >= 0.3 is 0 Å². The van der Waals surface area contributed by atoms with E-state index in [0.717, 1.165) is 27.6 Å². The average molecular weight is 426 g/mol. The molecule has 5 aromatic rings. The Morgan fingerprint density at radius 1 is 1.06 bits per heavy atom. The number of carbonyl (C=O) groups excluding carboxylic acids is 1. The summed E-state index contributed by atoms with van der Waals surface area (Å²) in [6, 6.07) is 17.4. The van der Waals surface area contributed by atoms with Crippen LogP contribution in [-0.2, 0) is 13.1 Å². The van der Waals surface area contributed by atoms with E-state index >= 15 is 0 Å². The van der Waals surface area contributed by atoms with Crippen molar-refractivity contribution in [3.05, 3.63) is 101 Å². The Labute approximate surface area is 183 Å². The van der Waals surface area contributed by atoms with Crippen molar-refractivity contribution < 1.29 is 9.18 Å². The molecule has 0 N–H and O–H groups in total. The summed E-state index contributed by atoms with van der Waals surface area (Å²) in [7, 11) is 0. The third kappa shape index (κ3) is 3.66. The van der Waals surface area contributed by atoms with Gasteiger partial charge in [-0.1, -0.05) is 30.3 Å². The second-order valence-electron chi connectivity index (χ2n) is 7.63. The number of halogens is 1. The van der Waals surface area contributed by atoms with Crippen LogP contribution in [-0.4, -0.2) is 35.8 Å². The van der Waals surface area contributed by atoms with E-state index in [1.54, 1.807) is 27.9 Å². The van der Waals surface area contributed by atoms with Gasteiger partial charge in [0.1, 0.15) is 5.82 Å². The predicted molar refractivity (Wildman–Crippen MR) is 117 cm³/mol. The fourth-order valence-corrected chi connectivity index (χ4v) is 3.92. The molecular formula is C24H19FN6O. The van der Waals surface area contributed by atoms with Crippen LogP contribution in [0.15, 0.2) is 73.1 Å². The van der Waals surface area contributed by atoms with Gasteiger partial charge in [0.15, 0.2) is 5.65 Å². The smallest absolute Gasteiger partial charge is 0.254 e. The molecule has 0 radical (unpaired) electrons. The van der Waals surface area contributed by atoms with Crippen LogP contribution >= 0.6 is 0 Å². The highest BCUT2D eigenvalue weighted by Crippen LogP contribution is 2.24. The number of tetrazole rings is 1. The van der Waals surface area contributed by atoms with E-state index in [1.807, 2.05) is 43.3 Å². The molecule has 0 saturated heterocycles. The van der Waals surface area contributed by atoms with Gasteiger partial charge in [0.2, 0.25) is 0 Å². The number of carbonyl (C=O) groups is 1. The lowest BCUT2D eigenvalue weighted by atomic mass is 10.1. The predicted octanol–water partition coefficient (Wildman–Crippen LogP) is 3.96. The molecule has 3 heterocycles. The summed E-state index contributed by atoms with van der Waals surface area (Å²) in [4.78, 5) is 19.2. The number of benzene rings is 2. The molecule has 0 aliphatic rings. The van der Waals surface area contributed by atoms with Crippen molar-refractivity contribution in [2.24, 2.45) is 0 Å². The lowest BCUT2D eigenvalue weighted by Gasteiger charge is -2.23. The third-order valence-corrected chi connectivity index (χ3v) is 5.38.